The SMILES string of the molecule is C.CC(=O)CC(=O)Cl.CC(=O)CC(=O)Nc1ccc(NS(C)(=O)=O)cc1S(N)(=O)=O.CS(=O)(=O)Nc1ccc(N)c(S(N)(=O)=O)c1.[B]. The van der Waals surface area contributed by atoms with E-state index in [0.717, 1.165) is 24.6 Å². The number of ketones is 2. The molecule has 0 aliphatic heterocycles. The molecule has 0 saturated heterocycles. The summed E-state index contributed by atoms with van der Waals surface area (Å²) in [6.07, 6.45) is 1.26. The summed E-state index contributed by atoms with van der Waals surface area (Å²) in [5, 5.41) is 11.6. The number of nitrogens with one attached hydrogen (secondary N) is 3. The molecular weight excluding hydrogens is 727 g/mol. The minimum absolute atomic E-state index is 0. The first-order valence-corrected chi connectivity index (χ1v) is 18.9. The Morgan fingerprint density at radius 3 is 1.40 bits per heavy atom. The van der Waals surface area contributed by atoms with Crippen molar-refractivity contribution in [2.45, 2.75) is 43.9 Å². The van der Waals surface area contributed by atoms with Crippen LogP contribution in [-0.4, -0.2) is 77.3 Å². The van der Waals surface area contributed by atoms with E-state index in [4.69, 9.17) is 27.6 Å². The zero-order valence-corrected chi connectivity index (χ0v) is 28.6. The standard InChI is InChI=1S/C11H15N3O6S2.C7H11N3O4S2.C4H5ClO2.CH4.B/c1-7(15)5-11(16)13-9-4-3-8(14-21(2,17)18)6-10(9)22(12,19)20;1-15(11,12)10-5-2-3-6(8)7(4-5)16(9,13)14;1-3(6)2-4(5)7;;/h3-4,6,14H,5H2,1-2H3,(H,13,16)(H2,12,19,20);2-4,10H,8H2,1H3,(H2,9,13,14);2H2,1H3;1H4;. The molecule has 0 aromatic heterocycles. The number of hydrogen-bond acceptors (Lipinski definition) is 13. The van der Waals surface area contributed by atoms with Crippen LogP contribution in [0, 0.1) is 0 Å². The van der Waals surface area contributed by atoms with Gasteiger partial charge in [0.1, 0.15) is 21.4 Å². The van der Waals surface area contributed by atoms with Crippen molar-refractivity contribution in [1.29, 1.82) is 0 Å². The van der Waals surface area contributed by atoms with Crippen molar-refractivity contribution in [3.63, 3.8) is 0 Å². The molecule has 263 valence electrons. The molecule has 0 unspecified atom stereocenters. The maximum atomic E-state index is 11.6. The monoisotopic (exact) mass is 761 g/mol. The lowest BCUT2D eigenvalue weighted by atomic mass is 10.2. The second-order valence-electron chi connectivity index (χ2n) is 8.96. The number of nitrogens with two attached hydrogens (primary N) is 3. The lowest BCUT2D eigenvalue weighted by Gasteiger charge is -2.12. The number of Topliss-reactive ketones (excluding diaryl/α,β-unsaturated/α-hetero) is 2. The highest BCUT2D eigenvalue weighted by atomic mass is 35.5. The Balaban J connectivity index is -0.000000680. The van der Waals surface area contributed by atoms with Crippen LogP contribution in [0.25, 0.3) is 0 Å². The number of amides is 1. The Kier molecular flexibility index (Phi) is 19.6. The average molecular weight is 762 g/mol. The van der Waals surface area contributed by atoms with Gasteiger partial charge in [-0.1, -0.05) is 7.43 Å². The summed E-state index contributed by atoms with van der Waals surface area (Å²) in [6.45, 7) is 2.53. The number of benzene rings is 2. The van der Waals surface area contributed by atoms with Crippen molar-refractivity contribution in [3.05, 3.63) is 36.4 Å². The molecule has 0 bridgehead atoms. The van der Waals surface area contributed by atoms with E-state index in [-0.39, 0.29) is 55.7 Å². The molecule has 0 spiro atoms. The number of carbonyl (C=O) groups excluding carboxylic acids is 4. The van der Waals surface area contributed by atoms with E-state index in [9.17, 15) is 52.8 Å². The summed E-state index contributed by atoms with van der Waals surface area (Å²) in [5.41, 5.74) is 5.27. The number of nitrogen functional groups attached to an aromatic ring is 1. The lowest BCUT2D eigenvalue weighted by Crippen LogP contribution is -2.20. The number of primary sulfonamides is 2. The van der Waals surface area contributed by atoms with Crippen LogP contribution in [0.1, 0.15) is 34.1 Å². The Bertz CT molecular complexity index is 1890. The summed E-state index contributed by atoms with van der Waals surface area (Å²) >= 11 is 4.81. The topological polar surface area (TPSA) is 319 Å². The summed E-state index contributed by atoms with van der Waals surface area (Å²) in [4.78, 5) is 41.3. The van der Waals surface area contributed by atoms with E-state index in [1.54, 1.807) is 0 Å². The van der Waals surface area contributed by atoms with Gasteiger partial charge >= 0.3 is 0 Å². The maximum Gasteiger partial charge on any atom is 0.240 e. The van der Waals surface area contributed by atoms with Crippen molar-refractivity contribution in [1.82, 2.24) is 0 Å². The van der Waals surface area contributed by atoms with Gasteiger partial charge in [0.05, 0.1) is 36.7 Å². The van der Waals surface area contributed by atoms with Gasteiger partial charge in [0, 0.05) is 19.8 Å². The summed E-state index contributed by atoms with van der Waals surface area (Å²) in [5.74, 6) is -1.30. The van der Waals surface area contributed by atoms with Crippen molar-refractivity contribution < 1.29 is 52.8 Å². The van der Waals surface area contributed by atoms with Crippen LogP contribution in [0.5, 0.6) is 0 Å². The molecule has 2 aromatic carbocycles. The van der Waals surface area contributed by atoms with Crippen LogP contribution in [0.4, 0.5) is 22.7 Å². The highest BCUT2D eigenvalue weighted by Gasteiger charge is 2.18. The molecule has 0 atom stereocenters. The van der Waals surface area contributed by atoms with Crippen LogP contribution in [-0.2, 0) is 59.3 Å². The minimum Gasteiger partial charge on any atom is -0.398 e. The lowest BCUT2D eigenvalue weighted by molar-refractivity contribution is -0.125. The van der Waals surface area contributed by atoms with Gasteiger partial charge in [-0.25, -0.2) is 43.9 Å². The largest absolute Gasteiger partial charge is 0.398 e. The van der Waals surface area contributed by atoms with Crippen LogP contribution in [0.15, 0.2) is 46.2 Å². The molecule has 0 saturated carbocycles. The second-order valence-corrected chi connectivity index (χ2v) is 15.9. The fourth-order valence-electron chi connectivity index (χ4n) is 2.81. The summed E-state index contributed by atoms with van der Waals surface area (Å²) < 4.78 is 93.6. The van der Waals surface area contributed by atoms with E-state index >= 15 is 0 Å². The third kappa shape index (κ3) is 21.8. The molecule has 0 aliphatic carbocycles. The van der Waals surface area contributed by atoms with Crippen molar-refractivity contribution >= 4 is 106 Å². The zero-order chi connectivity index (χ0) is 35.6. The molecule has 9 N–H and O–H groups in total. The molecule has 18 nitrogen and oxygen atoms in total. The molecule has 3 radical (unpaired) electrons. The van der Waals surface area contributed by atoms with Gasteiger partial charge in [-0.05, 0) is 61.8 Å². The van der Waals surface area contributed by atoms with Gasteiger partial charge < -0.3 is 11.1 Å². The fraction of sp³-hybridized carbons (Fsp3) is 0.304. The smallest absolute Gasteiger partial charge is 0.240 e. The predicted octanol–water partition coefficient (Wildman–Crippen LogP) is -0.103. The molecule has 24 heteroatoms. The summed E-state index contributed by atoms with van der Waals surface area (Å²) in [7, 11) is -15.3. The van der Waals surface area contributed by atoms with Gasteiger partial charge in [-0.3, -0.25) is 28.6 Å². The molecule has 2 aromatic rings. The number of carbonyl (C=O) groups is 4. The van der Waals surface area contributed by atoms with Crippen molar-refractivity contribution in [3.8, 4) is 0 Å². The number of halogens is 1. The third-order valence-electron chi connectivity index (χ3n) is 4.29. The average Bonchev–Trinajstić information content (AvgIpc) is 2.77. The van der Waals surface area contributed by atoms with Gasteiger partial charge in [0.15, 0.2) is 0 Å². The first kappa shape index (κ1) is 47.8. The molecule has 0 aliphatic rings. The number of anilines is 4. The predicted molar refractivity (Wildman–Crippen MR) is 180 cm³/mol. The van der Waals surface area contributed by atoms with Crippen molar-refractivity contribution in [2.75, 3.05) is 33.0 Å². The normalized spacial score (nSPS) is 11.0. The summed E-state index contributed by atoms with van der Waals surface area (Å²) in [6, 6.07) is 7.05. The van der Waals surface area contributed by atoms with Gasteiger partial charge in [-0.15, -0.1) is 0 Å². The van der Waals surface area contributed by atoms with Gasteiger partial charge in [-0.2, -0.15) is 0 Å². The third-order valence-corrected chi connectivity index (χ3v) is 7.55. The second kappa shape index (κ2) is 19.3. The van der Waals surface area contributed by atoms with Crippen LogP contribution in [0.3, 0.4) is 0 Å². The quantitative estimate of drug-likeness (QED) is 0.0755. The van der Waals surface area contributed by atoms with Crippen LogP contribution >= 0.6 is 11.6 Å². The molecule has 1 amide bonds. The maximum absolute atomic E-state index is 11.6. The molecule has 2 rings (SSSR count). The van der Waals surface area contributed by atoms with E-state index in [0.29, 0.717) is 0 Å². The van der Waals surface area contributed by atoms with E-state index in [1.807, 2.05) is 0 Å². The Labute approximate surface area is 281 Å². The number of rotatable bonds is 11. The molecular formula is C23H35BClN6O12S4. The molecule has 47 heavy (non-hydrogen) atoms. The Morgan fingerprint density at radius 1 is 0.702 bits per heavy atom. The van der Waals surface area contributed by atoms with E-state index < -0.39 is 68.3 Å². The molecule has 0 fully saturated rings. The molecule has 0 heterocycles. The highest BCUT2D eigenvalue weighted by molar-refractivity contribution is 7.92. The van der Waals surface area contributed by atoms with Crippen LogP contribution in [0.2, 0.25) is 0 Å². The first-order valence-electron chi connectivity index (χ1n) is 11.6. The minimum atomic E-state index is -4.22. The zero-order valence-electron chi connectivity index (χ0n) is 24.6. The van der Waals surface area contributed by atoms with E-state index in [1.165, 1.54) is 38.1 Å². The fourth-order valence-corrected chi connectivity index (χ4v) is 5.52. The Hall–Kier alpha value is -3.61. The first-order chi connectivity index (χ1) is 20.1. The Morgan fingerprint density at radius 2 is 1.09 bits per heavy atom. The van der Waals surface area contributed by atoms with Gasteiger partial charge in [0.2, 0.25) is 51.2 Å². The highest BCUT2D eigenvalue weighted by Crippen LogP contribution is 2.25. The van der Waals surface area contributed by atoms with E-state index in [2.05, 4.69) is 14.8 Å². The number of sulfonamides is 4. The number of hydrogen-bond donors (Lipinski definition) is 6. The van der Waals surface area contributed by atoms with Gasteiger partial charge in [0.25, 0.3) is 0 Å². The van der Waals surface area contributed by atoms with Crippen molar-refractivity contribution in [2.24, 2.45) is 10.3 Å². The van der Waals surface area contributed by atoms with Crippen LogP contribution < -0.4 is 30.8 Å².